The zero-order chi connectivity index (χ0) is 12.4. The Hall–Kier alpha value is -1.45. The molecule has 1 saturated heterocycles. The lowest BCUT2D eigenvalue weighted by Gasteiger charge is -2.27. The van der Waals surface area contributed by atoms with Crippen molar-refractivity contribution in [2.24, 2.45) is 5.92 Å². The van der Waals surface area contributed by atoms with Crippen molar-refractivity contribution >= 4 is 10.9 Å². The minimum absolute atomic E-state index is 0.313. The molecule has 0 radical (unpaired) electrons. The van der Waals surface area contributed by atoms with Crippen molar-refractivity contribution in [2.75, 3.05) is 13.2 Å². The molecule has 1 fully saturated rings. The highest BCUT2D eigenvalue weighted by molar-refractivity contribution is 5.79. The fraction of sp³-hybridized carbons (Fsp3) is 0.400. The Morgan fingerprint density at radius 2 is 2.06 bits per heavy atom. The zero-order valence-electron chi connectivity index (χ0n) is 10.2. The molecule has 2 heterocycles. The van der Waals surface area contributed by atoms with E-state index in [9.17, 15) is 5.11 Å². The maximum atomic E-state index is 10.4. The lowest BCUT2D eigenvalue weighted by Crippen LogP contribution is -2.21. The molecule has 1 N–H and O–H groups in total. The summed E-state index contributed by atoms with van der Waals surface area (Å²) in [5.41, 5.74) is 1.96. The molecule has 1 atom stereocenters. The third-order valence-corrected chi connectivity index (χ3v) is 3.68. The summed E-state index contributed by atoms with van der Waals surface area (Å²) in [6.45, 7) is 1.52. The van der Waals surface area contributed by atoms with Crippen molar-refractivity contribution in [2.45, 2.75) is 18.9 Å². The minimum atomic E-state index is -0.390. The molecule has 0 bridgehead atoms. The highest BCUT2D eigenvalue weighted by Crippen LogP contribution is 2.31. The predicted molar refractivity (Wildman–Crippen MR) is 70.2 cm³/mol. The molecule has 0 spiro atoms. The average molecular weight is 243 g/mol. The fourth-order valence-electron chi connectivity index (χ4n) is 2.58. The number of aromatic nitrogens is 1. The Morgan fingerprint density at radius 1 is 1.22 bits per heavy atom. The summed E-state index contributed by atoms with van der Waals surface area (Å²) in [6, 6.07) is 9.96. The van der Waals surface area contributed by atoms with Crippen LogP contribution in [0, 0.1) is 5.92 Å². The quantitative estimate of drug-likeness (QED) is 0.881. The first-order valence-electron chi connectivity index (χ1n) is 6.45. The normalized spacial score (nSPS) is 18.9. The second kappa shape index (κ2) is 5.04. The van der Waals surface area contributed by atoms with E-state index in [1.54, 1.807) is 6.20 Å². The maximum Gasteiger partial charge on any atom is 0.0820 e. The van der Waals surface area contributed by atoms with Gasteiger partial charge in [-0.05, 0) is 42.5 Å². The van der Waals surface area contributed by atoms with Gasteiger partial charge in [0.15, 0.2) is 0 Å². The van der Waals surface area contributed by atoms with Crippen LogP contribution in [0.4, 0.5) is 0 Å². The number of ether oxygens (including phenoxy) is 1. The number of nitrogens with zero attached hydrogens (tertiary/aromatic N) is 1. The highest BCUT2D eigenvalue weighted by Gasteiger charge is 2.23. The van der Waals surface area contributed by atoms with Gasteiger partial charge in [-0.15, -0.1) is 0 Å². The lowest BCUT2D eigenvalue weighted by molar-refractivity contribution is 0.00723. The van der Waals surface area contributed by atoms with Crippen LogP contribution in [-0.2, 0) is 4.74 Å². The van der Waals surface area contributed by atoms with Crippen LogP contribution in [0.15, 0.2) is 36.5 Å². The van der Waals surface area contributed by atoms with Crippen molar-refractivity contribution < 1.29 is 9.84 Å². The number of pyridine rings is 1. The van der Waals surface area contributed by atoms with Gasteiger partial charge in [-0.25, -0.2) is 0 Å². The summed E-state index contributed by atoms with van der Waals surface area (Å²) in [4.78, 5) is 4.29. The highest BCUT2D eigenvalue weighted by atomic mass is 16.5. The van der Waals surface area contributed by atoms with E-state index in [0.717, 1.165) is 42.5 Å². The van der Waals surface area contributed by atoms with Gasteiger partial charge in [0.1, 0.15) is 0 Å². The largest absolute Gasteiger partial charge is 0.388 e. The molecule has 3 rings (SSSR count). The monoisotopic (exact) mass is 243 g/mol. The average Bonchev–Trinajstić information content (AvgIpc) is 2.47. The van der Waals surface area contributed by atoms with Crippen LogP contribution in [0.25, 0.3) is 10.9 Å². The molecule has 3 nitrogen and oxygen atoms in total. The van der Waals surface area contributed by atoms with Crippen molar-refractivity contribution in [3.63, 3.8) is 0 Å². The number of aliphatic hydroxyl groups is 1. The number of benzene rings is 1. The third kappa shape index (κ3) is 2.24. The smallest absolute Gasteiger partial charge is 0.0820 e. The zero-order valence-corrected chi connectivity index (χ0v) is 10.2. The number of hydrogen-bond donors (Lipinski definition) is 1. The first kappa shape index (κ1) is 11.6. The maximum absolute atomic E-state index is 10.4. The van der Waals surface area contributed by atoms with E-state index < -0.39 is 6.10 Å². The van der Waals surface area contributed by atoms with Crippen molar-refractivity contribution in [1.82, 2.24) is 4.98 Å². The Labute approximate surface area is 106 Å². The van der Waals surface area contributed by atoms with E-state index >= 15 is 0 Å². The van der Waals surface area contributed by atoms with Gasteiger partial charge >= 0.3 is 0 Å². The fourth-order valence-corrected chi connectivity index (χ4v) is 2.58. The lowest BCUT2D eigenvalue weighted by atomic mass is 9.89. The van der Waals surface area contributed by atoms with Gasteiger partial charge in [0, 0.05) is 24.8 Å². The van der Waals surface area contributed by atoms with E-state index in [4.69, 9.17) is 4.74 Å². The number of aliphatic hydroxyl groups excluding tert-OH is 1. The topological polar surface area (TPSA) is 42.4 Å². The molecule has 94 valence electrons. The second-order valence-corrected chi connectivity index (χ2v) is 4.85. The molecule has 1 unspecified atom stereocenters. The van der Waals surface area contributed by atoms with Crippen LogP contribution in [0.2, 0.25) is 0 Å². The molecule has 1 aromatic heterocycles. The first-order chi connectivity index (χ1) is 8.84. The van der Waals surface area contributed by atoms with Crippen molar-refractivity contribution in [3.8, 4) is 0 Å². The van der Waals surface area contributed by atoms with Crippen LogP contribution in [0.5, 0.6) is 0 Å². The van der Waals surface area contributed by atoms with Gasteiger partial charge < -0.3 is 9.84 Å². The van der Waals surface area contributed by atoms with Crippen LogP contribution < -0.4 is 0 Å². The van der Waals surface area contributed by atoms with E-state index in [1.807, 2.05) is 30.3 Å². The minimum Gasteiger partial charge on any atom is -0.388 e. The van der Waals surface area contributed by atoms with Crippen LogP contribution in [0.3, 0.4) is 0 Å². The molecular formula is C15H17NO2. The molecule has 1 aromatic carbocycles. The van der Waals surface area contributed by atoms with E-state index in [0.29, 0.717) is 5.92 Å². The van der Waals surface area contributed by atoms with Gasteiger partial charge in [-0.3, -0.25) is 4.98 Å². The molecule has 18 heavy (non-hydrogen) atoms. The van der Waals surface area contributed by atoms with Gasteiger partial charge in [-0.1, -0.05) is 12.1 Å². The Bertz CT molecular complexity index is 535. The van der Waals surface area contributed by atoms with E-state index in [2.05, 4.69) is 4.98 Å². The van der Waals surface area contributed by atoms with Crippen LogP contribution >= 0.6 is 0 Å². The molecule has 0 amide bonds. The molecule has 1 aliphatic rings. The predicted octanol–water partition coefficient (Wildman–Crippen LogP) is 2.69. The van der Waals surface area contributed by atoms with Gasteiger partial charge in [0.2, 0.25) is 0 Å². The Kier molecular flexibility index (Phi) is 3.26. The second-order valence-electron chi connectivity index (χ2n) is 4.85. The van der Waals surface area contributed by atoms with E-state index in [1.165, 1.54) is 0 Å². The van der Waals surface area contributed by atoms with Gasteiger partial charge in [0.05, 0.1) is 11.6 Å². The molecule has 3 heteroatoms. The van der Waals surface area contributed by atoms with Gasteiger partial charge in [-0.2, -0.15) is 0 Å². The summed E-state index contributed by atoms with van der Waals surface area (Å²) in [6.07, 6.45) is 3.27. The molecule has 0 aliphatic carbocycles. The molecule has 0 saturated carbocycles. The Morgan fingerprint density at radius 3 is 2.89 bits per heavy atom. The summed E-state index contributed by atoms with van der Waals surface area (Å²) in [5.74, 6) is 0.313. The number of hydrogen-bond acceptors (Lipinski definition) is 3. The summed E-state index contributed by atoms with van der Waals surface area (Å²) >= 11 is 0. The SMILES string of the molecule is OC(c1ccc2ncccc2c1)C1CCOCC1. The third-order valence-electron chi connectivity index (χ3n) is 3.68. The molecule has 1 aliphatic heterocycles. The van der Waals surface area contributed by atoms with Crippen molar-refractivity contribution in [3.05, 3.63) is 42.1 Å². The number of rotatable bonds is 2. The number of fused-ring (bicyclic) bond motifs is 1. The van der Waals surface area contributed by atoms with Crippen molar-refractivity contribution in [1.29, 1.82) is 0 Å². The molecule has 2 aromatic rings. The molecular weight excluding hydrogens is 226 g/mol. The summed E-state index contributed by atoms with van der Waals surface area (Å²) in [7, 11) is 0. The Balaban J connectivity index is 1.88. The summed E-state index contributed by atoms with van der Waals surface area (Å²) < 4.78 is 5.33. The van der Waals surface area contributed by atoms with Crippen LogP contribution in [-0.4, -0.2) is 23.3 Å². The van der Waals surface area contributed by atoms with E-state index in [-0.39, 0.29) is 0 Å². The van der Waals surface area contributed by atoms with Gasteiger partial charge in [0.25, 0.3) is 0 Å². The first-order valence-corrected chi connectivity index (χ1v) is 6.45. The summed E-state index contributed by atoms with van der Waals surface area (Å²) in [5, 5.41) is 11.5. The van der Waals surface area contributed by atoms with Crippen LogP contribution in [0.1, 0.15) is 24.5 Å². The standard InChI is InChI=1S/C15H17NO2/c17-15(11-5-8-18-9-6-11)13-3-4-14-12(10-13)2-1-7-16-14/h1-4,7,10-11,15,17H,5-6,8-9H2.